The summed E-state index contributed by atoms with van der Waals surface area (Å²) in [7, 11) is 0. The van der Waals surface area contributed by atoms with E-state index in [9.17, 15) is 9.59 Å². The molecule has 4 rings (SSSR count). The molecular formula is C22H21N5O3S. The first-order chi connectivity index (χ1) is 15.1. The first kappa shape index (κ1) is 20.5. The third kappa shape index (κ3) is 5.07. The van der Waals surface area contributed by atoms with Gasteiger partial charge in [0.15, 0.2) is 0 Å². The zero-order valence-electron chi connectivity index (χ0n) is 16.7. The lowest BCUT2D eigenvalue weighted by molar-refractivity contribution is -0.111. The number of nitrogens with two attached hydrogens (primary N) is 1. The summed E-state index contributed by atoms with van der Waals surface area (Å²) in [6, 6.07) is 7.31. The smallest absolute Gasteiger partial charge is 0.410 e. The molecule has 1 aliphatic rings. The van der Waals surface area contributed by atoms with E-state index in [4.69, 9.17) is 10.5 Å². The number of fused-ring (bicyclic) bond motifs is 1. The number of rotatable bonds is 5. The van der Waals surface area contributed by atoms with Crippen LogP contribution in [0, 0.1) is 0 Å². The van der Waals surface area contributed by atoms with Crippen molar-refractivity contribution in [2.45, 2.75) is 19.6 Å². The Balaban J connectivity index is 1.37. The molecule has 0 aromatic carbocycles. The van der Waals surface area contributed by atoms with Crippen LogP contribution in [0.5, 0.6) is 0 Å². The lowest BCUT2D eigenvalue weighted by Gasteiger charge is -2.26. The molecule has 0 atom stereocenters. The van der Waals surface area contributed by atoms with Gasteiger partial charge in [0.25, 0.3) is 0 Å². The number of nitrogens with zero attached hydrogens (tertiary/aromatic N) is 3. The van der Waals surface area contributed by atoms with Crippen molar-refractivity contribution < 1.29 is 14.3 Å². The number of hydrogen-bond donors (Lipinski definition) is 2. The number of carbonyl (C=O) groups is 2. The Hall–Kier alpha value is -3.72. The number of aromatic nitrogens is 2. The highest BCUT2D eigenvalue weighted by atomic mass is 32.1. The molecule has 2 amide bonds. The van der Waals surface area contributed by atoms with Crippen molar-refractivity contribution in [2.24, 2.45) is 0 Å². The van der Waals surface area contributed by atoms with E-state index in [1.54, 1.807) is 47.9 Å². The first-order valence-electron chi connectivity index (χ1n) is 9.70. The van der Waals surface area contributed by atoms with Gasteiger partial charge in [0, 0.05) is 47.8 Å². The van der Waals surface area contributed by atoms with Gasteiger partial charge < -0.3 is 20.7 Å². The molecule has 3 aromatic rings. The summed E-state index contributed by atoms with van der Waals surface area (Å²) in [5.41, 5.74) is 9.46. The van der Waals surface area contributed by atoms with Crippen molar-refractivity contribution in [3.8, 4) is 0 Å². The lowest BCUT2D eigenvalue weighted by atomic mass is 10.1. The highest BCUT2D eigenvalue weighted by Gasteiger charge is 2.27. The van der Waals surface area contributed by atoms with Crippen LogP contribution in [0.15, 0.2) is 55.1 Å². The van der Waals surface area contributed by atoms with E-state index in [0.29, 0.717) is 30.2 Å². The average molecular weight is 436 g/mol. The van der Waals surface area contributed by atoms with E-state index in [0.717, 1.165) is 21.6 Å². The van der Waals surface area contributed by atoms with Crippen molar-refractivity contribution >= 4 is 40.1 Å². The molecule has 158 valence electrons. The SMILES string of the molecule is Nc1c(NC(=O)/C=C/c2cccnc2)sc2c1CCN(C(=O)OCc1cccnc1)C2. The summed E-state index contributed by atoms with van der Waals surface area (Å²) in [6.45, 7) is 1.08. The quantitative estimate of drug-likeness (QED) is 0.594. The van der Waals surface area contributed by atoms with Gasteiger partial charge in [-0.2, -0.15) is 0 Å². The molecule has 4 heterocycles. The van der Waals surface area contributed by atoms with E-state index in [1.165, 1.54) is 17.4 Å². The Morgan fingerprint density at radius 1 is 1.23 bits per heavy atom. The fourth-order valence-corrected chi connectivity index (χ4v) is 4.38. The third-order valence-corrected chi connectivity index (χ3v) is 5.94. The average Bonchev–Trinajstić information content (AvgIpc) is 3.12. The van der Waals surface area contributed by atoms with E-state index in [1.807, 2.05) is 12.1 Å². The van der Waals surface area contributed by atoms with E-state index in [-0.39, 0.29) is 18.6 Å². The van der Waals surface area contributed by atoms with Gasteiger partial charge in [-0.25, -0.2) is 4.79 Å². The summed E-state index contributed by atoms with van der Waals surface area (Å²) in [4.78, 5) is 35.3. The molecule has 31 heavy (non-hydrogen) atoms. The standard InChI is InChI=1S/C22H21N5O3S/c23-20-17-7-10-27(22(29)30-14-16-4-2-9-25-12-16)13-18(17)31-21(20)26-19(28)6-5-15-3-1-8-24-11-15/h1-6,8-9,11-12H,7,10,13-14,23H2,(H,26,28)/b6-5+. The van der Waals surface area contributed by atoms with Crippen LogP contribution in [0.4, 0.5) is 15.5 Å². The summed E-state index contributed by atoms with van der Waals surface area (Å²) in [5.74, 6) is -0.276. The monoisotopic (exact) mass is 435 g/mol. The molecule has 8 nitrogen and oxygen atoms in total. The van der Waals surface area contributed by atoms with Crippen molar-refractivity contribution in [1.82, 2.24) is 14.9 Å². The van der Waals surface area contributed by atoms with Crippen LogP contribution in [0.1, 0.15) is 21.6 Å². The second-order valence-corrected chi connectivity index (χ2v) is 8.05. The van der Waals surface area contributed by atoms with Crippen molar-refractivity contribution in [3.05, 3.63) is 76.7 Å². The second-order valence-electron chi connectivity index (χ2n) is 6.94. The van der Waals surface area contributed by atoms with Gasteiger partial charge in [-0.3, -0.25) is 14.8 Å². The van der Waals surface area contributed by atoms with Gasteiger partial charge in [-0.05, 0) is 35.8 Å². The Morgan fingerprint density at radius 2 is 2.03 bits per heavy atom. The highest BCUT2D eigenvalue weighted by Crippen LogP contribution is 2.39. The number of hydrogen-bond acceptors (Lipinski definition) is 7. The van der Waals surface area contributed by atoms with Crippen LogP contribution in [-0.4, -0.2) is 33.4 Å². The minimum absolute atomic E-state index is 0.174. The summed E-state index contributed by atoms with van der Waals surface area (Å²) in [6.07, 6.45) is 10.0. The Morgan fingerprint density at radius 3 is 2.77 bits per heavy atom. The first-order valence-corrected chi connectivity index (χ1v) is 10.5. The molecule has 0 bridgehead atoms. The topological polar surface area (TPSA) is 110 Å². The van der Waals surface area contributed by atoms with Crippen LogP contribution in [0.25, 0.3) is 6.08 Å². The Bertz CT molecular complexity index is 1100. The molecular weight excluding hydrogens is 414 g/mol. The lowest BCUT2D eigenvalue weighted by Crippen LogP contribution is -2.35. The normalized spacial score (nSPS) is 13.1. The summed E-state index contributed by atoms with van der Waals surface area (Å²) >= 11 is 1.38. The fraction of sp³-hybridized carbons (Fsp3) is 0.182. The van der Waals surface area contributed by atoms with Crippen LogP contribution in [-0.2, 0) is 29.1 Å². The largest absolute Gasteiger partial charge is 0.444 e. The van der Waals surface area contributed by atoms with Crippen LogP contribution < -0.4 is 11.1 Å². The molecule has 0 saturated carbocycles. The molecule has 3 aromatic heterocycles. The maximum absolute atomic E-state index is 12.4. The van der Waals surface area contributed by atoms with Gasteiger partial charge in [0.2, 0.25) is 5.91 Å². The van der Waals surface area contributed by atoms with Crippen LogP contribution >= 0.6 is 11.3 Å². The van der Waals surface area contributed by atoms with Crippen molar-refractivity contribution in [1.29, 1.82) is 0 Å². The van der Waals surface area contributed by atoms with E-state index in [2.05, 4.69) is 15.3 Å². The number of nitrogens with one attached hydrogen (secondary N) is 1. The van der Waals surface area contributed by atoms with Crippen LogP contribution in [0.3, 0.4) is 0 Å². The zero-order valence-corrected chi connectivity index (χ0v) is 17.5. The van der Waals surface area contributed by atoms with Crippen LogP contribution in [0.2, 0.25) is 0 Å². The maximum atomic E-state index is 12.4. The predicted molar refractivity (Wildman–Crippen MR) is 119 cm³/mol. The minimum Gasteiger partial charge on any atom is -0.444 e. The molecule has 0 spiro atoms. The van der Waals surface area contributed by atoms with Gasteiger partial charge >= 0.3 is 6.09 Å². The number of nitrogen functional groups attached to an aromatic ring is 1. The summed E-state index contributed by atoms with van der Waals surface area (Å²) < 4.78 is 5.39. The Kier molecular flexibility index (Phi) is 6.23. The predicted octanol–water partition coefficient (Wildman–Crippen LogP) is 3.47. The molecule has 1 aliphatic heterocycles. The molecule has 9 heteroatoms. The van der Waals surface area contributed by atoms with Gasteiger partial charge in [0.1, 0.15) is 11.6 Å². The highest BCUT2D eigenvalue weighted by molar-refractivity contribution is 7.17. The number of anilines is 2. The number of ether oxygens (including phenoxy) is 1. The Labute approximate surface area is 183 Å². The minimum atomic E-state index is -0.383. The van der Waals surface area contributed by atoms with E-state index >= 15 is 0 Å². The molecule has 0 aliphatic carbocycles. The number of pyridine rings is 2. The van der Waals surface area contributed by atoms with Crippen molar-refractivity contribution in [3.63, 3.8) is 0 Å². The summed E-state index contributed by atoms with van der Waals surface area (Å²) in [5, 5.41) is 3.43. The molecule has 0 unspecified atom stereocenters. The zero-order chi connectivity index (χ0) is 21.6. The molecule has 0 fully saturated rings. The second kappa shape index (κ2) is 9.40. The maximum Gasteiger partial charge on any atom is 0.410 e. The van der Waals surface area contributed by atoms with Gasteiger partial charge in [0.05, 0.1) is 12.2 Å². The fourth-order valence-electron chi connectivity index (χ4n) is 3.20. The van der Waals surface area contributed by atoms with Gasteiger partial charge in [-0.1, -0.05) is 12.1 Å². The van der Waals surface area contributed by atoms with Crippen molar-refractivity contribution in [2.75, 3.05) is 17.6 Å². The molecule has 3 N–H and O–H groups in total. The molecule has 0 saturated heterocycles. The number of thiophene rings is 1. The number of carbonyl (C=O) groups excluding carboxylic acids is 2. The van der Waals surface area contributed by atoms with E-state index < -0.39 is 0 Å². The molecule has 0 radical (unpaired) electrons. The van der Waals surface area contributed by atoms with Gasteiger partial charge in [-0.15, -0.1) is 11.3 Å². The third-order valence-electron chi connectivity index (χ3n) is 4.79. The number of amides is 2.